The van der Waals surface area contributed by atoms with E-state index in [2.05, 4.69) is 24.1 Å². The Morgan fingerprint density at radius 3 is 2.67 bits per heavy atom. The summed E-state index contributed by atoms with van der Waals surface area (Å²) in [4.78, 5) is 26.6. The molecule has 3 rings (SSSR count). The molecule has 2 N–H and O–H groups in total. The van der Waals surface area contributed by atoms with E-state index in [1.165, 1.54) is 0 Å². The number of nitrogens with one attached hydrogen (secondary N) is 2. The Morgan fingerprint density at radius 2 is 2.05 bits per heavy atom. The number of anilines is 1. The van der Waals surface area contributed by atoms with E-state index in [4.69, 9.17) is 0 Å². The first-order valence-electron chi connectivity index (χ1n) is 7.52. The van der Waals surface area contributed by atoms with Crippen LogP contribution in [0.1, 0.15) is 44.6 Å². The van der Waals surface area contributed by atoms with E-state index < -0.39 is 0 Å². The molecule has 4 heteroatoms. The van der Waals surface area contributed by atoms with E-state index >= 15 is 0 Å². The van der Waals surface area contributed by atoms with Crippen molar-refractivity contribution in [3.8, 4) is 0 Å². The highest BCUT2D eigenvalue weighted by atomic mass is 16.2. The first-order valence-corrected chi connectivity index (χ1v) is 7.52. The third kappa shape index (κ3) is 2.71. The van der Waals surface area contributed by atoms with Gasteiger partial charge in [0.1, 0.15) is 0 Å². The van der Waals surface area contributed by atoms with Crippen molar-refractivity contribution in [2.75, 3.05) is 5.32 Å². The van der Waals surface area contributed by atoms with Gasteiger partial charge in [0.15, 0.2) is 0 Å². The van der Waals surface area contributed by atoms with Crippen molar-refractivity contribution in [2.24, 2.45) is 5.92 Å². The minimum Gasteiger partial charge on any atom is -0.326 e. The number of hydrogen-bond acceptors (Lipinski definition) is 2. The number of hydrogen-bond donors (Lipinski definition) is 2. The van der Waals surface area contributed by atoms with Crippen LogP contribution < -0.4 is 10.9 Å². The van der Waals surface area contributed by atoms with Crippen molar-refractivity contribution in [2.45, 2.75) is 39.0 Å². The first-order chi connectivity index (χ1) is 10.0. The third-order valence-electron chi connectivity index (χ3n) is 4.24. The molecule has 1 fully saturated rings. The molecule has 1 aromatic carbocycles. The molecule has 1 saturated carbocycles. The van der Waals surface area contributed by atoms with Crippen molar-refractivity contribution in [3.63, 3.8) is 0 Å². The summed E-state index contributed by atoms with van der Waals surface area (Å²) in [6, 6.07) is 7.37. The maximum atomic E-state index is 12.0. The first kappa shape index (κ1) is 13.9. The van der Waals surface area contributed by atoms with E-state index in [-0.39, 0.29) is 23.3 Å². The van der Waals surface area contributed by atoms with Crippen LogP contribution in [0.4, 0.5) is 5.69 Å². The summed E-state index contributed by atoms with van der Waals surface area (Å²) >= 11 is 0. The number of pyridine rings is 1. The lowest BCUT2D eigenvalue weighted by molar-refractivity contribution is -0.122. The van der Waals surface area contributed by atoms with Crippen molar-refractivity contribution in [3.05, 3.63) is 40.2 Å². The van der Waals surface area contributed by atoms with Gasteiger partial charge in [0.2, 0.25) is 11.5 Å². The molecule has 1 heterocycles. The molecule has 4 nitrogen and oxygen atoms in total. The molecule has 0 saturated heterocycles. The highest BCUT2D eigenvalue weighted by Gasteiger charge is 2.25. The fraction of sp³-hybridized carbons (Fsp3) is 0.412. The molecule has 0 radical (unpaired) electrons. The topological polar surface area (TPSA) is 62.0 Å². The van der Waals surface area contributed by atoms with Gasteiger partial charge in [-0.1, -0.05) is 26.3 Å². The number of rotatable bonds is 3. The molecule has 1 aliphatic rings. The van der Waals surface area contributed by atoms with Crippen molar-refractivity contribution >= 4 is 22.5 Å². The predicted molar refractivity (Wildman–Crippen MR) is 84.6 cm³/mol. The fourth-order valence-electron chi connectivity index (χ4n) is 2.76. The predicted octanol–water partition coefficient (Wildman–Crippen LogP) is 3.39. The average Bonchev–Trinajstić information content (AvgIpc) is 2.34. The quantitative estimate of drug-likeness (QED) is 0.907. The summed E-state index contributed by atoms with van der Waals surface area (Å²) in [6.07, 6.45) is 3.10. The van der Waals surface area contributed by atoms with E-state index in [0.717, 1.165) is 41.4 Å². The molecule has 0 bridgehead atoms. The second-order valence-corrected chi connectivity index (χ2v) is 6.12. The molecule has 0 spiro atoms. The highest BCUT2D eigenvalue weighted by Crippen LogP contribution is 2.29. The lowest BCUT2D eigenvalue weighted by Gasteiger charge is -2.24. The van der Waals surface area contributed by atoms with Gasteiger partial charge in [0.25, 0.3) is 0 Å². The maximum absolute atomic E-state index is 12.0. The molecule has 0 unspecified atom stereocenters. The maximum Gasteiger partial charge on any atom is 0.248 e. The highest BCUT2D eigenvalue weighted by molar-refractivity contribution is 5.95. The van der Waals surface area contributed by atoms with Crippen molar-refractivity contribution < 1.29 is 4.79 Å². The number of carbonyl (C=O) groups is 1. The van der Waals surface area contributed by atoms with Crippen LogP contribution in [-0.2, 0) is 4.79 Å². The van der Waals surface area contributed by atoms with E-state index in [9.17, 15) is 9.59 Å². The Morgan fingerprint density at radius 1 is 1.29 bits per heavy atom. The van der Waals surface area contributed by atoms with Gasteiger partial charge < -0.3 is 10.3 Å². The Kier molecular flexibility index (Phi) is 3.53. The van der Waals surface area contributed by atoms with Crippen molar-refractivity contribution in [1.29, 1.82) is 0 Å². The monoisotopic (exact) mass is 284 g/mol. The lowest BCUT2D eigenvalue weighted by Crippen LogP contribution is -2.28. The fourth-order valence-corrected chi connectivity index (χ4v) is 2.76. The van der Waals surface area contributed by atoms with Gasteiger partial charge in [-0.25, -0.2) is 0 Å². The molecular weight excluding hydrogens is 264 g/mol. The number of amides is 1. The molecule has 110 valence electrons. The second-order valence-electron chi connectivity index (χ2n) is 6.12. The molecule has 0 aliphatic heterocycles. The van der Waals surface area contributed by atoms with Crippen LogP contribution in [0.25, 0.3) is 10.9 Å². The summed E-state index contributed by atoms with van der Waals surface area (Å²) in [5, 5.41) is 3.98. The zero-order valence-corrected chi connectivity index (χ0v) is 12.4. The van der Waals surface area contributed by atoms with Gasteiger partial charge in [-0.05, 0) is 36.5 Å². The third-order valence-corrected chi connectivity index (χ3v) is 4.24. The van der Waals surface area contributed by atoms with E-state index in [1.54, 1.807) is 6.07 Å². The number of benzene rings is 1. The van der Waals surface area contributed by atoms with Crippen molar-refractivity contribution in [1.82, 2.24) is 4.98 Å². The normalized spacial score (nSPS) is 15.2. The zero-order chi connectivity index (χ0) is 15.0. The summed E-state index contributed by atoms with van der Waals surface area (Å²) in [5.41, 5.74) is 2.45. The minimum absolute atomic E-state index is 0.0861. The van der Waals surface area contributed by atoms with Crippen LogP contribution in [0.5, 0.6) is 0 Å². The second kappa shape index (κ2) is 5.35. The van der Waals surface area contributed by atoms with Crippen LogP contribution in [0.15, 0.2) is 29.1 Å². The average molecular weight is 284 g/mol. The summed E-state index contributed by atoms with van der Waals surface area (Å²) in [5.74, 6) is 0.523. The standard InChI is InChI=1S/C17H20N2O2/c1-10(2)14-9-16(20)19-15-8-12(6-7-13(14)15)18-17(21)11-4-3-5-11/h6-11H,3-5H2,1-2H3,(H,18,21)(H,19,20). The summed E-state index contributed by atoms with van der Waals surface area (Å²) in [7, 11) is 0. The SMILES string of the molecule is CC(C)c1cc(=O)[nH]c2cc(NC(=O)C3CCC3)ccc12. The Balaban J connectivity index is 1.96. The molecule has 2 aromatic rings. The molecule has 1 aromatic heterocycles. The number of aromatic amines is 1. The van der Waals surface area contributed by atoms with E-state index in [1.807, 2.05) is 18.2 Å². The van der Waals surface area contributed by atoms with Gasteiger partial charge in [0.05, 0.1) is 5.52 Å². The number of carbonyl (C=O) groups excluding carboxylic acids is 1. The number of aromatic nitrogens is 1. The van der Waals surface area contributed by atoms with Crippen LogP contribution in [0.2, 0.25) is 0 Å². The number of fused-ring (bicyclic) bond motifs is 1. The Bertz CT molecular complexity index is 742. The van der Waals surface area contributed by atoms with Crippen LogP contribution >= 0.6 is 0 Å². The lowest BCUT2D eigenvalue weighted by atomic mass is 9.85. The van der Waals surface area contributed by atoms with Gasteiger partial charge in [-0.3, -0.25) is 9.59 Å². The van der Waals surface area contributed by atoms with E-state index in [0.29, 0.717) is 0 Å². The molecule has 1 aliphatic carbocycles. The van der Waals surface area contributed by atoms with Gasteiger partial charge in [-0.15, -0.1) is 0 Å². The van der Waals surface area contributed by atoms with Gasteiger partial charge >= 0.3 is 0 Å². The summed E-state index contributed by atoms with van der Waals surface area (Å²) < 4.78 is 0. The molecule has 0 atom stereocenters. The Labute approximate surface area is 123 Å². The smallest absolute Gasteiger partial charge is 0.248 e. The molecular formula is C17H20N2O2. The van der Waals surface area contributed by atoms with Gasteiger partial charge in [-0.2, -0.15) is 0 Å². The Hall–Kier alpha value is -2.10. The van der Waals surface area contributed by atoms with Crippen LogP contribution in [-0.4, -0.2) is 10.9 Å². The number of H-pyrrole nitrogens is 1. The van der Waals surface area contributed by atoms with Gasteiger partial charge in [0, 0.05) is 23.1 Å². The minimum atomic E-state index is -0.103. The van der Waals surface area contributed by atoms with Crippen LogP contribution in [0.3, 0.4) is 0 Å². The van der Waals surface area contributed by atoms with Crippen LogP contribution in [0, 0.1) is 5.92 Å². The largest absolute Gasteiger partial charge is 0.326 e. The zero-order valence-electron chi connectivity index (χ0n) is 12.4. The molecule has 1 amide bonds. The summed E-state index contributed by atoms with van der Waals surface area (Å²) in [6.45, 7) is 4.14. The molecule has 21 heavy (non-hydrogen) atoms.